The minimum atomic E-state index is -0.0892. The summed E-state index contributed by atoms with van der Waals surface area (Å²) in [5, 5.41) is 0. The van der Waals surface area contributed by atoms with Crippen molar-refractivity contribution in [2.75, 3.05) is 6.61 Å². The summed E-state index contributed by atoms with van der Waals surface area (Å²) in [6, 6.07) is 0. The van der Waals surface area contributed by atoms with E-state index in [2.05, 4.69) is 0 Å². The van der Waals surface area contributed by atoms with Crippen LogP contribution in [0.1, 0.15) is 6.92 Å². The lowest BCUT2D eigenvalue weighted by atomic mass is 8.97. The molecule has 6 saturated carbocycles. The van der Waals surface area contributed by atoms with Gasteiger partial charge < -0.3 is 4.74 Å². The van der Waals surface area contributed by atoms with Gasteiger partial charge in [0.1, 0.15) is 0 Å². The van der Waals surface area contributed by atoms with E-state index in [0.717, 1.165) is 42.1 Å². The van der Waals surface area contributed by atoms with Gasteiger partial charge in [-0.3, -0.25) is 4.79 Å². The van der Waals surface area contributed by atoms with E-state index in [1.54, 1.807) is 0 Å². The molecule has 6 aliphatic rings. The molecule has 2 heteroatoms. The SMILES string of the molecule is CC(=O)OCC12C3C4C5C3C1C5C42. The molecule has 0 aromatic carbocycles. The van der Waals surface area contributed by atoms with Crippen molar-refractivity contribution < 1.29 is 9.53 Å². The summed E-state index contributed by atoms with van der Waals surface area (Å²) in [5.74, 6) is 7.43. The summed E-state index contributed by atoms with van der Waals surface area (Å²) in [6.07, 6.45) is 0. The van der Waals surface area contributed by atoms with Crippen LogP contribution in [0.5, 0.6) is 0 Å². The molecule has 0 aliphatic heterocycles. The Hall–Kier alpha value is -0.530. The lowest BCUT2D eigenvalue weighted by Gasteiger charge is -3.07. The third-order valence-corrected chi connectivity index (χ3v) is 6.21. The number of carbonyl (C=O) groups is 1. The van der Waals surface area contributed by atoms with Crippen LogP contribution in [0.4, 0.5) is 0 Å². The van der Waals surface area contributed by atoms with Gasteiger partial charge in [0.2, 0.25) is 0 Å². The zero-order valence-electron chi connectivity index (χ0n) is 7.57. The third-order valence-electron chi connectivity index (χ3n) is 6.21. The second kappa shape index (κ2) is 1.27. The normalized spacial score (nSPS) is 76.2. The standard InChI is InChI=1S/C11H12O2/c1-3(12)13-2-11-8-5-4-6(8)10(11)7(4)9(5)11/h4-10H,2H2,1H3. The van der Waals surface area contributed by atoms with Crippen molar-refractivity contribution in [3.05, 3.63) is 0 Å². The Labute approximate surface area is 76.6 Å². The van der Waals surface area contributed by atoms with Crippen molar-refractivity contribution in [1.82, 2.24) is 0 Å². The minimum Gasteiger partial charge on any atom is -0.465 e. The molecule has 2 nitrogen and oxygen atoms in total. The highest BCUT2D eigenvalue weighted by Crippen LogP contribution is 3.05. The Morgan fingerprint density at radius 3 is 2.15 bits per heavy atom. The van der Waals surface area contributed by atoms with Gasteiger partial charge in [-0.2, -0.15) is 0 Å². The monoisotopic (exact) mass is 176 g/mol. The topological polar surface area (TPSA) is 26.3 Å². The molecule has 13 heavy (non-hydrogen) atoms. The van der Waals surface area contributed by atoms with Gasteiger partial charge in [-0.15, -0.1) is 0 Å². The molecule has 0 aromatic heterocycles. The predicted octanol–water partition coefficient (Wildman–Crippen LogP) is 0.917. The lowest BCUT2D eigenvalue weighted by molar-refractivity contribution is -0.617. The highest BCUT2D eigenvalue weighted by Gasteiger charge is 3.04. The molecule has 0 bridgehead atoms. The first-order valence-corrected chi connectivity index (χ1v) is 5.42. The first-order chi connectivity index (χ1) is 6.28. The highest BCUT2D eigenvalue weighted by molar-refractivity contribution is 5.66. The summed E-state index contributed by atoms with van der Waals surface area (Å²) in [5.41, 5.74) is 0.556. The number of ether oxygens (including phenoxy) is 1. The molecule has 0 spiro atoms. The number of esters is 1. The fraction of sp³-hybridized carbons (Fsp3) is 0.909. The molecule has 6 fully saturated rings. The van der Waals surface area contributed by atoms with Crippen molar-refractivity contribution in [3.8, 4) is 0 Å². The summed E-state index contributed by atoms with van der Waals surface area (Å²) in [4.78, 5) is 10.8. The summed E-state index contributed by atoms with van der Waals surface area (Å²) in [6.45, 7) is 2.29. The molecule has 0 amide bonds. The van der Waals surface area contributed by atoms with Gasteiger partial charge in [0.05, 0.1) is 6.61 Å². The first kappa shape index (κ1) is 6.05. The van der Waals surface area contributed by atoms with Gasteiger partial charge in [-0.1, -0.05) is 0 Å². The smallest absolute Gasteiger partial charge is 0.302 e. The van der Waals surface area contributed by atoms with E-state index in [9.17, 15) is 4.79 Å². The summed E-state index contributed by atoms with van der Waals surface area (Å²) < 4.78 is 5.21. The quantitative estimate of drug-likeness (QED) is 0.585. The van der Waals surface area contributed by atoms with Gasteiger partial charge in [-0.25, -0.2) is 0 Å². The summed E-state index contributed by atoms with van der Waals surface area (Å²) in [7, 11) is 0. The maximum Gasteiger partial charge on any atom is 0.302 e. The van der Waals surface area contributed by atoms with Crippen LogP contribution in [-0.2, 0) is 9.53 Å². The van der Waals surface area contributed by atoms with Gasteiger partial charge >= 0.3 is 5.97 Å². The van der Waals surface area contributed by atoms with Crippen LogP contribution in [0.15, 0.2) is 0 Å². The molecule has 0 radical (unpaired) electrons. The van der Waals surface area contributed by atoms with E-state index in [1.165, 1.54) is 12.8 Å². The van der Waals surface area contributed by atoms with E-state index in [0.29, 0.717) is 5.41 Å². The predicted molar refractivity (Wildman–Crippen MR) is 43.5 cm³/mol. The zero-order valence-corrected chi connectivity index (χ0v) is 7.57. The fourth-order valence-electron chi connectivity index (χ4n) is 6.19. The highest BCUT2D eigenvalue weighted by atomic mass is 16.5. The molecular formula is C11H12O2. The van der Waals surface area contributed by atoms with Crippen molar-refractivity contribution in [2.24, 2.45) is 46.8 Å². The molecule has 0 unspecified atom stereocenters. The van der Waals surface area contributed by atoms with E-state index in [1.807, 2.05) is 0 Å². The van der Waals surface area contributed by atoms with Gasteiger partial charge in [0.25, 0.3) is 0 Å². The number of hydrogen-bond donors (Lipinski definition) is 0. The maximum absolute atomic E-state index is 10.8. The Balaban J connectivity index is 1.45. The van der Waals surface area contributed by atoms with Crippen molar-refractivity contribution in [1.29, 1.82) is 0 Å². The van der Waals surface area contributed by atoms with Gasteiger partial charge in [-0.05, 0) is 41.4 Å². The van der Waals surface area contributed by atoms with Crippen molar-refractivity contribution in [3.63, 3.8) is 0 Å². The first-order valence-electron chi connectivity index (χ1n) is 5.42. The van der Waals surface area contributed by atoms with Gasteiger partial charge in [0, 0.05) is 12.3 Å². The third kappa shape index (κ3) is 0.291. The Morgan fingerprint density at radius 2 is 1.69 bits per heavy atom. The number of carbonyl (C=O) groups excluding carboxylic acids is 1. The molecule has 0 atom stereocenters. The van der Waals surface area contributed by atoms with E-state index >= 15 is 0 Å². The molecular weight excluding hydrogens is 164 g/mol. The van der Waals surface area contributed by atoms with Crippen LogP contribution in [-0.4, -0.2) is 12.6 Å². The van der Waals surface area contributed by atoms with Crippen molar-refractivity contribution >= 4 is 5.97 Å². The fourth-order valence-corrected chi connectivity index (χ4v) is 6.19. The number of rotatable bonds is 2. The Kier molecular flexibility index (Phi) is 0.591. The average Bonchev–Trinajstić information content (AvgIpc) is 2.15. The molecule has 0 N–H and O–H groups in total. The molecule has 6 rings (SSSR count). The van der Waals surface area contributed by atoms with E-state index < -0.39 is 0 Å². The van der Waals surface area contributed by atoms with Crippen molar-refractivity contribution in [2.45, 2.75) is 6.92 Å². The second-order valence-corrected chi connectivity index (χ2v) is 5.78. The molecule has 0 aromatic rings. The number of hydrogen-bond acceptors (Lipinski definition) is 2. The van der Waals surface area contributed by atoms with Crippen LogP contribution < -0.4 is 0 Å². The molecule has 6 aliphatic carbocycles. The molecule has 0 heterocycles. The minimum absolute atomic E-state index is 0.0892. The molecule has 0 saturated heterocycles. The lowest BCUT2D eigenvalue weighted by Crippen LogP contribution is -3.06. The Bertz CT molecular complexity index is 308. The van der Waals surface area contributed by atoms with Crippen LogP contribution in [0, 0.1) is 46.8 Å². The maximum atomic E-state index is 10.8. The van der Waals surface area contributed by atoms with Crippen LogP contribution in [0.3, 0.4) is 0 Å². The van der Waals surface area contributed by atoms with E-state index in [-0.39, 0.29) is 5.97 Å². The zero-order chi connectivity index (χ0) is 8.53. The van der Waals surface area contributed by atoms with Crippen LogP contribution in [0.25, 0.3) is 0 Å². The average molecular weight is 176 g/mol. The van der Waals surface area contributed by atoms with E-state index in [4.69, 9.17) is 4.74 Å². The Morgan fingerprint density at radius 1 is 1.15 bits per heavy atom. The summed E-state index contributed by atoms with van der Waals surface area (Å²) >= 11 is 0. The molecule has 68 valence electrons. The van der Waals surface area contributed by atoms with Gasteiger partial charge in [0.15, 0.2) is 0 Å². The van der Waals surface area contributed by atoms with Crippen LogP contribution in [0.2, 0.25) is 0 Å². The second-order valence-electron chi connectivity index (χ2n) is 5.78. The largest absolute Gasteiger partial charge is 0.465 e. The van der Waals surface area contributed by atoms with Crippen LogP contribution >= 0.6 is 0 Å².